The first-order valence-electron chi connectivity index (χ1n) is 5.54. The summed E-state index contributed by atoms with van der Waals surface area (Å²) < 4.78 is 0. The highest BCUT2D eigenvalue weighted by Crippen LogP contribution is 2.18. The average molecular weight is 186 g/mol. The Morgan fingerprint density at radius 1 is 1.15 bits per heavy atom. The van der Waals surface area contributed by atoms with E-state index in [0.717, 1.165) is 5.92 Å². The molecule has 0 saturated carbocycles. The van der Waals surface area contributed by atoms with Crippen LogP contribution in [-0.2, 0) is 0 Å². The van der Waals surface area contributed by atoms with E-state index in [2.05, 4.69) is 26.1 Å². The molecule has 0 spiro atoms. The van der Waals surface area contributed by atoms with Crippen molar-refractivity contribution in [3.8, 4) is 0 Å². The quantitative estimate of drug-likeness (QED) is 0.599. The largest absolute Gasteiger partial charge is 0.316 e. The molecule has 0 saturated heterocycles. The molecule has 0 aromatic heterocycles. The topological polar surface area (TPSA) is 38.0 Å². The lowest BCUT2D eigenvalue weighted by molar-refractivity contribution is 0.312. The SMILES string of the molecule is CCCC(CCC(C)C)C(N)NC. The van der Waals surface area contributed by atoms with Crippen LogP contribution in [0.15, 0.2) is 0 Å². The molecular formula is C11H26N2. The van der Waals surface area contributed by atoms with Crippen LogP contribution in [0.2, 0.25) is 0 Å². The predicted molar refractivity (Wildman–Crippen MR) is 59.5 cm³/mol. The third-order valence-corrected chi connectivity index (χ3v) is 2.62. The lowest BCUT2D eigenvalue weighted by atomic mass is 9.92. The Hall–Kier alpha value is -0.0800. The highest BCUT2D eigenvalue weighted by molar-refractivity contribution is 4.69. The van der Waals surface area contributed by atoms with Crippen LogP contribution in [0, 0.1) is 11.8 Å². The molecule has 0 aliphatic carbocycles. The Labute approximate surface area is 83.3 Å². The van der Waals surface area contributed by atoms with Crippen LogP contribution in [0.3, 0.4) is 0 Å². The van der Waals surface area contributed by atoms with Crippen molar-refractivity contribution in [3.63, 3.8) is 0 Å². The van der Waals surface area contributed by atoms with Gasteiger partial charge in [-0.05, 0) is 31.7 Å². The third-order valence-electron chi connectivity index (χ3n) is 2.62. The molecule has 2 heteroatoms. The summed E-state index contributed by atoms with van der Waals surface area (Å²) in [4.78, 5) is 0. The smallest absolute Gasteiger partial charge is 0.0572 e. The fourth-order valence-electron chi connectivity index (χ4n) is 1.66. The highest BCUT2D eigenvalue weighted by atomic mass is 15.0. The zero-order valence-corrected chi connectivity index (χ0v) is 9.64. The first-order chi connectivity index (χ1) is 6.11. The third kappa shape index (κ3) is 6.05. The molecule has 3 N–H and O–H groups in total. The molecule has 2 unspecified atom stereocenters. The molecule has 2 atom stereocenters. The second-order valence-corrected chi connectivity index (χ2v) is 4.33. The monoisotopic (exact) mass is 186 g/mol. The van der Waals surface area contributed by atoms with E-state index >= 15 is 0 Å². The van der Waals surface area contributed by atoms with Crippen molar-refractivity contribution in [3.05, 3.63) is 0 Å². The number of nitrogens with two attached hydrogens (primary N) is 1. The summed E-state index contributed by atoms with van der Waals surface area (Å²) >= 11 is 0. The van der Waals surface area contributed by atoms with Crippen LogP contribution < -0.4 is 11.1 Å². The van der Waals surface area contributed by atoms with Crippen LogP contribution in [0.5, 0.6) is 0 Å². The van der Waals surface area contributed by atoms with Crippen molar-refractivity contribution in [2.24, 2.45) is 17.6 Å². The number of nitrogens with one attached hydrogen (secondary N) is 1. The van der Waals surface area contributed by atoms with E-state index < -0.39 is 0 Å². The van der Waals surface area contributed by atoms with E-state index in [-0.39, 0.29) is 6.17 Å². The van der Waals surface area contributed by atoms with Crippen LogP contribution in [0.25, 0.3) is 0 Å². The maximum atomic E-state index is 5.98. The van der Waals surface area contributed by atoms with Crippen molar-refractivity contribution in [1.29, 1.82) is 0 Å². The molecule has 0 aliphatic heterocycles. The molecule has 0 aliphatic rings. The van der Waals surface area contributed by atoms with Gasteiger partial charge in [-0.3, -0.25) is 0 Å². The van der Waals surface area contributed by atoms with Gasteiger partial charge in [0.2, 0.25) is 0 Å². The van der Waals surface area contributed by atoms with Crippen molar-refractivity contribution >= 4 is 0 Å². The van der Waals surface area contributed by atoms with Crippen molar-refractivity contribution in [1.82, 2.24) is 5.32 Å². The summed E-state index contributed by atoms with van der Waals surface area (Å²) in [6.45, 7) is 6.77. The summed E-state index contributed by atoms with van der Waals surface area (Å²) in [5.41, 5.74) is 5.98. The molecule has 0 amide bonds. The Bertz CT molecular complexity index is 113. The van der Waals surface area contributed by atoms with Gasteiger partial charge in [-0.25, -0.2) is 0 Å². The fraction of sp³-hybridized carbons (Fsp3) is 1.00. The molecular weight excluding hydrogens is 160 g/mol. The van der Waals surface area contributed by atoms with Gasteiger partial charge >= 0.3 is 0 Å². The molecule has 2 nitrogen and oxygen atoms in total. The maximum absolute atomic E-state index is 5.98. The Balaban J connectivity index is 3.79. The minimum absolute atomic E-state index is 0.179. The van der Waals surface area contributed by atoms with Crippen molar-refractivity contribution in [2.45, 2.75) is 52.6 Å². The molecule has 0 heterocycles. The number of hydrogen-bond acceptors (Lipinski definition) is 2. The molecule has 0 bridgehead atoms. The molecule has 0 radical (unpaired) electrons. The zero-order chi connectivity index (χ0) is 10.3. The zero-order valence-electron chi connectivity index (χ0n) is 9.64. The Morgan fingerprint density at radius 2 is 1.77 bits per heavy atom. The van der Waals surface area contributed by atoms with Gasteiger partial charge in [-0.1, -0.05) is 33.6 Å². The van der Waals surface area contributed by atoms with Crippen LogP contribution >= 0.6 is 0 Å². The summed E-state index contributed by atoms with van der Waals surface area (Å²) in [7, 11) is 1.95. The fourth-order valence-corrected chi connectivity index (χ4v) is 1.66. The summed E-state index contributed by atoms with van der Waals surface area (Å²) in [6, 6.07) is 0. The minimum atomic E-state index is 0.179. The van der Waals surface area contributed by atoms with Crippen molar-refractivity contribution < 1.29 is 0 Å². The lowest BCUT2D eigenvalue weighted by Crippen LogP contribution is -2.41. The van der Waals surface area contributed by atoms with Crippen LogP contribution in [0.1, 0.15) is 46.5 Å². The van der Waals surface area contributed by atoms with E-state index in [4.69, 9.17) is 5.73 Å². The molecule has 0 rings (SSSR count). The van der Waals surface area contributed by atoms with Gasteiger partial charge in [0, 0.05) is 0 Å². The van der Waals surface area contributed by atoms with E-state index in [1.165, 1.54) is 25.7 Å². The number of hydrogen-bond donors (Lipinski definition) is 2. The van der Waals surface area contributed by atoms with E-state index in [1.807, 2.05) is 7.05 Å². The van der Waals surface area contributed by atoms with Gasteiger partial charge in [-0.2, -0.15) is 0 Å². The van der Waals surface area contributed by atoms with Gasteiger partial charge in [0.25, 0.3) is 0 Å². The second-order valence-electron chi connectivity index (χ2n) is 4.33. The van der Waals surface area contributed by atoms with E-state index in [1.54, 1.807) is 0 Å². The maximum Gasteiger partial charge on any atom is 0.0572 e. The first kappa shape index (κ1) is 12.9. The van der Waals surface area contributed by atoms with Gasteiger partial charge in [0.05, 0.1) is 6.17 Å². The van der Waals surface area contributed by atoms with E-state index in [0.29, 0.717) is 5.92 Å². The lowest BCUT2D eigenvalue weighted by Gasteiger charge is -2.23. The van der Waals surface area contributed by atoms with Gasteiger partial charge in [0.15, 0.2) is 0 Å². The Morgan fingerprint density at radius 3 is 2.15 bits per heavy atom. The molecule has 0 fully saturated rings. The standard InChI is InChI=1S/C11H26N2/c1-5-6-10(11(12)13-4)8-7-9(2)3/h9-11,13H,5-8,12H2,1-4H3. The van der Waals surface area contributed by atoms with Gasteiger partial charge in [-0.15, -0.1) is 0 Å². The summed E-state index contributed by atoms with van der Waals surface area (Å²) in [5, 5.41) is 3.15. The summed E-state index contributed by atoms with van der Waals surface area (Å²) in [5.74, 6) is 1.45. The van der Waals surface area contributed by atoms with Gasteiger partial charge < -0.3 is 11.1 Å². The molecule has 13 heavy (non-hydrogen) atoms. The molecule has 0 aromatic carbocycles. The number of rotatable bonds is 7. The molecule has 80 valence electrons. The van der Waals surface area contributed by atoms with Gasteiger partial charge in [0.1, 0.15) is 0 Å². The van der Waals surface area contributed by atoms with Crippen molar-refractivity contribution in [2.75, 3.05) is 7.05 Å². The second kappa shape index (κ2) is 7.34. The highest BCUT2D eigenvalue weighted by Gasteiger charge is 2.15. The van der Waals surface area contributed by atoms with Crippen LogP contribution in [0.4, 0.5) is 0 Å². The Kier molecular flexibility index (Phi) is 7.29. The first-order valence-corrected chi connectivity index (χ1v) is 5.54. The molecule has 0 aromatic rings. The van der Waals surface area contributed by atoms with E-state index in [9.17, 15) is 0 Å². The average Bonchev–Trinajstić information content (AvgIpc) is 2.10. The van der Waals surface area contributed by atoms with Crippen LogP contribution in [-0.4, -0.2) is 13.2 Å². The minimum Gasteiger partial charge on any atom is -0.316 e. The predicted octanol–water partition coefficient (Wildman–Crippen LogP) is 2.34. The normalized spacial score (nSPS) is 16.2. The summed E-state index contributed by atoms with van der Waals surface area (Å²) in [6.07, 6.45) is 5.21.